The molecule has 7 heteroatoms. The Morgan fingerprint density at radius 2 is 1.96 bits per heavy atom. The molecule has 0 radical (unpaired) electrons. The fraction of sp³-hybridized carbons (Fsp3) is 0.421. The molecule has 0 bridgehead atoms. The third-order valence-corrected chi connectivity index (χ3v) is 4.65. The van der Waals surface area contributed by atoms with E-state index in [4.69, 9.17) is 0 Å². The normalized spacial score (nSPS) is 11.5. The van der Waals surface area contributed by atoms with Gasteiger partial charge in [0.25, 0.3) is 0 Å². The molecule has 6 nitrogen and oxygen atoms in total. The summed E-state index contributed by atoms with van der Waals surface area (Å²) in [4.78, 5) is 20.7. The van der Waals surface area contributed by atoms with Crippen molar-refractivity contribution in [2.45, 2.75) is 32.7 Å². The van der Waals surface area contributed by atoms with Crippen molar-refractivity contribution in [3.63, 3.8) is 0 Å². The topological polar surface area (TPSA) is 78.4 Å². The van der Waals surface area contributed by atoms with Crippen LogP contribution in [0.3, 0.4) is 0 Å². The molecule has 0 saturated heterocycles. The summed E-state index contributed by atoms with van der Waals surface area (Å²) in [6.07, 6.45) is 0.821. The lowest BCUT2D eigenvalue weighted by molar-refractivity contribution is -0.119. The van der Waals surface area contributed by atoms with Gasteiger partial charge in [-0.3, -0.25) is 9.79 Å². The van der Waals surface area contributed by atoms with Gasteiger partial charge in [0.05, 0.1) is 18.8 Å². The average molecular weight is 374 g/mol. The Morgan fingerprint density at radius 3 is 2.62 bits per heavy atom. The first-order valence-corrected chi connectivity index (χ1v) is 9.66. The number of thiazole rings is 1. The summed E-state index contributed by atoms with van der Waals surface area (Å²) in [7, 11) is 1.68. The van der Waals surface area contributed by atoms with E-state index < -0.39 is 0 Å². The van der Waals surface area contributed by atoms with Crippen LogP contribution in [0.15, 0.2) is 40.7 Å². The zero-order valence-electron chi connectivity index (χ0n) is 15.6. The SMILES string of the molecule is CN=C(NCC(=O)NCCc1ccccc1)NCc1nc(C(C)C)cs1. The fourth-order valence-electron chi connectivity index (χ4n) is 2.27. The van der Waals surface area contributed by atoms with E-state index in [1.54, 1.807) is 18.4 Å². The number of hydrogen-bond donors (Lipinski definition) is 3. The number of carbonyl (C=O) groups is 1. The summed E-state index contributed by atoms with van der Waals surface area (Å²) in [5, 5.41) is 12.2. The zero-order valence-corrected chi connectivity index (χ0v) is 16.4. The van der Waals surface area contributed by atoms with Crippen LogP contribution in [0.5, 0.6) is 0 Å². The first kappa shape index (κ1) is 19.9. The van der Waals surface area contributed by atoms with Gasteiger partial charge in [-0.2, -0.15) is 0 Å². The highest BCUT2D eigenvalue weighted by Crippen LogP contribution is 2.17. The third kappa shape index (κ3) is 6.84. The molecule has 0 aliphatic carbocycles. The molecule has 1 aromatic carbocycles. The van der Waals surface area contributed by atoms with E-state index in [-0.39, 0.29) is 12.5 Å². The second-order valence-electron chi connectivity index (χ2n) is 6.19. The second-order valence-corrected chi connectivity index (χ2v) is 7.13. The molecule has 26 heavy (non-hydrogen) atoms. The maximum Gasteiger partial charge on any atom is 0.239 e. The minimum absolute atomic E-state index is 0.0553. The largest absolute Gasteiger partial charge is 0.354 e. The van der Waals surface area contributed by atoms with Crippen LogP contribution < -0.4 is 16.0 Å². The number of benzene rings is 1. The third-order valence-electron chi connectivity index (χ3n) is 3.79. The van der Waals surface area contributed by atoms with E-state index in [0.29, 0.717) is 25.0 Å². The lowest BCUT2D eigenvalue weighted by Gasteiger charge is -2.11. The van der Waals surface area contributed by atoms with E-state index >= 15 is 0 Å². The molecule has 0 saturated carbocycles. The molecule has 0 unspecified atom stereocenters. The number of nitrogens with zero attached hydrogens (tertiary/aromatic N) is 2. The quantitative estimate of drug-likeness (QED) is 0.490. The fourth-order valence-corrected chi connectivity index (χ4v) is 3.16. The van der Waals surface area contributed by atoms with Gasteiger partial charge >= 0.3 is 0 Å². The maximum absolute atomic E-state index is 11.9. The summed E-state index contributed by atoms with van der Waals surface area (Å²) in [5.41, 5.74) is 2.31. The van der Waals surface area contributed by atoms with Crippen molar-refractivity contribution in [2.75, 3.05) is 20.1 Å². The molecule has 0 aliphatic heterocycles. The summed E-state index contributed by atoms with van der Waals surface area (Å²) >= 11 is 1.63. The molecule has 0 fully saturated rings. The smallest absolute Gasteiger partial charge is 0.239 e. The first-order valence-electron chi connectivity index (χ1n) is 8.78. The van der Waals surface area contributed by atoms with E-state index in [2.05, 4.69) is 57.3 Å². The van der Waals surface area contributed by atoms with Crippen molar-refractivity contribution in [2.24, 2.45) is 4.99 Å². The highest BCUT2D eigenvalue weighted by molar-refractivity contribution is 7.09. The van der Waals surface area contributed by atoms with E-state index in [1.165, 1.54) is 5.56 Å². The van der Waals surface area contributed by atoms with Crippen LogP contribution in [0.4, 0.5) is 0 Å². The summed E-state index contributed by atoms with van der Waals surface area (Å²) in [6, 6.07) is 10.1. The number of hydrogen-bond acceptors (Lipinski definition) is 4. The highest BCUT2D eigenvalue weighted by atomic mass is 32.1. The minimum Gasteiger partial charge on any atom is -0.354 e. The number of aromatic nitrogens is 1. The number of guanidine groups is 1. The first-order chi connectivity index (χ1) is 12.6. The van der Waals surface area contributed by atoms with Crippen LogP contribution >= 0.6 is 11.3 Å². The molecular weight excluding hydrogens is 346 g/mol. The van der Waals surface area contributed by atoms with Gasteiger partial charge in [0.15, 0.2) is 5.96 Å². The zero-order chi connectivity index (χ0) is 18.8. The molecule has 0 atom stereocenters. The predicted octanol–water partition coefficient (Wildman–Crippen LogP) is 2.29. The predicted molar refractivity (Wildman–Crippen MR) is 108 cm³/mol. The van der Waals surface area contributed by atoms with Crippen LogP contribution in [-0.2, 0) is 17.8 Å². The van der Waals surface area contributed by atoms with Crippen molar-refractivity contribution in [1.29, 1.82) is 0 Å². The average Bonchev–Trinajstić information content (AvgIpc) is 3.12. The summed E-state index contributed by atoms with van der Waals surface area (Å²) < 4.78 is 0. The van der Waals surface area contributed by atoms with Crippen molar-refractivity contribution >= 4 is 23.2 Å². The van der Waals surface area contributed by atoms with Crippen molar-refractivity contribution in [3.05, 3.63) is 52.0 Å². The summed E-state index contributed by atoms with van der Waals surface area (Å²) in [5.74, 6) is 0.960. The molecule has 2 rings (SSSR count). The van der Waals surface area contributed by atoms with Crippen LogP contribution in [0.1, 0.15) is 36.0 Å². The Balaban J connectivity index is 1.66. The molecule has 3 N–H and O–H groups in total. The Bertz CT molecular complexity index is 712. The van der Waals surface area contributed by atoms with Crippen LogP contribution in [0, 0.1) is 0 Å². The highest BCUT2D eigenvalue weighted by Gasteiger charge is 2.07. The van der Waals surface area contributed by atoms with Gasteiger partial charge in [0.2, 0.25) is 5.91 Å². The van der Waals surface area contributed by atoms with Gasteiger partial charge in [0.1, 0.15) is 5.01 Å². The standard InChI is InChI=1S/C19H27N5OS/c1-14(2)16-13-26-18(24-16)12-23-19(20-3)22-11-17(25)21-10-9-15-7-5-4-6-8-15/h4-8,13-14H,9-12H2,1-3H3,(H,21,25)(H2,20,22,23). The molecule has 1 heterocycles. The molecule has 0 aliphatic rings. The van der Waals surface area contributed by atoms with Crippen molar-refractivity contribution in [1.82, 2.24) is 20.9 Å². The number of nitrogens with one attached hydrogen (secondary N) is 3. The summed E-state index contributed by atoms with van der Waals surface area (Å²) in [6.45, 7) is 5.65. The molecule has 0 spiro atoms. The Morgan fingerprint density at radius 1 is 1.19 bits per heavy atom. The van der Waals surface area contributed by atoms with Gasteiger partial charge in [-0.15, -0.1) is 11.3 Å². The van der Waals surface area contributed by atoms with Gasteiger partial charge in [-0.1, -0.05) is 44.2 Å². The number of aliphatic imine (C=N–C) groups is 1. The molecule has 2 aromatic rings. The molecule has 140 valence electrons. The molecule has 1 aromatic heterocycles. The number of amides is 1. The van der Waals surface area contributed by atoms with Gasteiger partial charge in [0, 0.05) is 19.0 Å². The second kappa shape index (κ2) is 10.6. The Labute approximate surface area is 159 Å². The maximum atomic E-state index is 11.9. The monoisotopic (exact) mass is 373 g/mol. The van der Waals surface area contributed by atoms with E-state index in [0.717, 1.165) is 17.1 Å². The number of rotatable bonds is 8. The number of carbonyl (C=O) groups excluding carboxylic acids is 1. The Hall–Kier alpha value is -2.41. The van der Waals surface area contributed by atoms with Gasteiger partial charge in [-0.25, -0.2) is 4.98 Å². The minimum atomic E-state index is -0.0553. The van der Waals surface area contributed by atoms with Gasteiger partial charge < -0.3 is 16.0 Å². The Kier molecular flexibility index (Phi) is 8.08. The van der Waals surface area contributed by atoms with Crippen LogP contribution in [-0.4, -0.2) is 37.0 Å². The lowest BCUT2D eigenvalue weighted by atomic mass is 10.1. The van der Waals surface area contributed by atoms with Crippen molar-refractivity contribution in [3.8, 4) is 0 Å². The van der Waals surface area contributed by atoms with Crippen LogP contribution in [0.2, 0.25) is 0 Å². The lowest BCUT2D eigenvalue weighted by Crippen LogP contribution is -2.43. The molecular formula is C19H27N5OS. The molecule has 1 amide bonds. The van der Waals surface area contributed by atoms with E-state index in [9.17, 15) is 4.79 Å². The van der Waals surface area contributed by atoms with Crippen molar-refractivity contribution < 1.29 is 4.79 Å². The van der Waals surface area contributed by atoms with Crippen LogP contribution in [0.25, 0.3) is 0 Å². The van der Waals surface area contributed by atoms with Gasteiger partial charge in [-0.05, 0) is 17.9 Å². The van der Waals surface area contributed by atoms with E-state index in [1.807, 2.05) is 18.2 Å².